The molecule has 2 aliphatic rings. The van der Waals surface area contributed by atoms with Gasteiger partial charge in [-0.3, -0.25) is 0 Å². The average molecular weight is 478 g/mol. The maximum absolute atomic E-state index is 11.5. The van der Waals surface area contributed by atoms with Crippen LogP contribution in [0.3, 0.4) is 0 Å². The van der Waals surface area contributed by atoms with Crippen LogP contribution in [0.2, 0.25) is 0 Å². The fraction of sp³-hybridized carbons (Fsp3) is 0.250. The molecule has 1 N–H and O–H groups in total. The summed E-state index contributed by atoms with van der Waals surface area (Å²) in [6.45, 7) is 6.26. The van der Waals surface area contributed by atoms with E-state index in [2.05, 4.69) is 66.7 Å². The van der Waals surface area contributed by atoms with Crippen molar-refractivity contribution < 1.29 is 14.4 Å². The first-order valence-corrected chi connectivity index (χ1v) is 12.6. The summed E-state index contributed by atoms with van der Waals surface area (Å²) >= 11 is 0. The molecule has 0 bridgehead atoms. The van der Waals surface area contributed by atoms with Crippen LogP contribution in [0, 0.1) is 19.8 Å². The Morgan fingerprint density at radius 2 is 1.78 bits per heavy atom. The molecule has 2 atom stereocenters. The lowest BCUT2D eigenvalue weighted by Gasteiger charge is -2.21. The van der Waals surface area contributed by atoms with Crippen molar-refractivity contribution in [2.45, 2.75) is 46.0 Å². The molecular weight excluding hydrogens is 446 g/mol. The minimum atomic E-state index is -0.908. The van der Waals surface area contributed by atoms with Crippen molar-refractivity contribution in [3.8, 4) is 0 Å². The van der Waals surface area contributed by atoms with Crippen LogP contribution >= 0.6 is 0 Å². The molecule has 4 nitrogen and oxygen atoms in total. The van der Waals surface area contributed by atoms with E-state index in [4.69, 9.17) is 4.52 Å². The highest BCUT2D eigenvalue weighted by Crippen LogP contribution is 2.43. The van der Waals surface area contributed by atoms with Gasteiger partial charge in [0, 0.05) is 5.56 Å². The molecule has 2 aromatic carbocycles. The van der Waals surface area contributed by atoms with Crippen molar-refractivity contribution in [3.63, 3.8) is 0 Å². The zero-order valence-electron chi connectivity index (χ0n) is 21.0. The second-order valence-electron chi connectivity index (χ2n) is 9.75. The number of hydrogen-bond acceptors (Lipinski definition) is 3. The quantitative estimate of drug-likeness (QED) is 0.405. The van der Waals surface area contributed by atoms with Crippen molar-refractivity contribution in [3.05, 3.63) is 124 Å². The summed E-state index contributed by atoms with van der Waals surface area (Å²) in [6.07, 6.45) is 12.1. The third-order valence-corrected chi connectivity index (χ3v) is 7.49. The smallest absolute Gasteiger partial charge is 0.335 e. The molecule has 1 aromatic heterocycles. The van der Waals surface area contributed by atoms with Crippen LogP contribution in [0.5, 0.6) is 0 Å². The van der Waals surface area contributed by atoms with E-state index in [9.17, 15) is 9.90 Å². The van der Waals surface area contributed by atoms with Crippen molar-refractivity contribution in [2.75, 3.05) is 0 Å². The number of allylic oxidation sites excluding steroid dienone is 8. The van der Waals surface area contributed by atoms with Crippen LogP contribution in [-0.4, -0.2) is 16.2 Å². The molecule has 0 spiro atoms. The van der Waals surface area contributed by atoms with Gasteiger partial charge in [0.1, 0.15) is 5.76 Å². The fourth-order valence-electron chi connectivity index (χ4n) is 5.47. The third kappa shape index (κ3) is 4.64. The zero-order chi connectivity index (χ0) is 25.2. The number of aromatic nitrogens is 1. The Bertz CT molecular complexity index is 1380. The molecule has 0 amide bonds. The van der Waals surface area contributed by atoms with Crippen LogP contribution in [0.4, 0.5) is 0 Å². The van der Waals surface area contributed by atoms with Gasteiger partial charge in [0.2, 0.25) is 0 Å². The van der Waals surface area contributed by atoms with Gasteiger partial charge in [-0.05, 0) is 90.5 Å². The van der Waals surface area contributed by atoms with Crippen molar-refractivity contribution in [2.24, 2.45) is 5.92 Å². The first-order chi connectivity index (χ1) is 17.4. The Labute approximate surface area is 212 Å². The molecule has 182 valence electrons. The second kappa shape index (κ2) is 9.98. The van der Waals surface area contributed by atoms with E-state index >= 15 is 0 Å². The van der Waals surface area contributed by atoms with Gasteiger partial charge in [-0.25, -0.2) is 4.79 Å². The predicted molar refractivity (Wildman–Crippen MR) is 144 cm³/mol. The number of carboxylic acids is 1. The summed E-state index contributed by atoms with van der Waals surface area (Å²) in [5.41, 5.74) is 9.53. The van der Waals surface area contributed by atoms with Gasteiger partial charge < -0.3 is 9.63 Å². The molecule has 0 aliphatic heterocycles. The maximum atomic E-state index is 11.5. The number of carboxylic acid groups (broad SMARTS) is 1. The number of rotatable bonds is 5. The normalized spacial score (nSPS) is 18.6. The summed E-state index contributed by atoms with van der Waals surface area (Å²) in [4.78, 5) is 11.5. The highest BCUT2D eigenvalue weighted by atomic mass is 16.5. The van der Waals surface area contributed by atoms with E-state index in [0.29, 0.717) is 17.4 Å². The lowest BCUT2D eigenvalue weighted by molar-refractivity contribution is 0.0697. The van der Waals surface area contributed by atoms with Crippen molar-refractivity contribution in [1.82, 2.24) is 5.16 Å². The standard InChI is InChI=1S/C32H31NO3/c1-20(23-8-5-4-6-9-23)26-16-17-27-18-28(31-21(2)33-36-22(31)3)10-7-11-29(27)30(19-26)24-12-14-25(15-13-24)32(34)35/h4-6,8-15,18-20,26H,7,16-17H2,1-3H3,(H,34,35)/t20-,26?/m0/s1. The van der Waals surface area contributed by atoms with Crippen LogP contribution < -0.4 is 0 Å². The highest BCUT2D eigenvalue weighted by molar-refractivity contribution is 5.91. The number of hydrogen-bond donors (Lipinski definition) is 1. The third-order valence-electron chi connectivity index (χ3n) is 7.49. The SMILES string of the molecule is Cc1noc(C)c1C1=CCC=C2C(=C1)CCC([C@@H](C)c1ccccc1)C=C2c1ccc(C(=O)O)cc1. The van der Waals surface area contributed by atoms with Crippen LogP contribution in [0.1, 0.15) is 70.6 Å². The average Bonchev–Trinajstić information content (AvgIpc) is 3.03. The number of nitrogens with zero attached hydrogens (tertiary/aromatic N) is 1. The number of fused-ring (bicyclic) bond motifs is 1. The zero-order valence-corrected chi connectivity index (χ0v) is 21.0. The first kappa shape index (κ1) is 23.8. The van der Waals surface area contributed by atoms with Crippen molar-refractivity contribution in [1.29, 1.82) is 0 Å². The van der Waals surface area contributed by atoms with E-state index < -0.39 is 5.97 Å². The largest absolute Gasteiger partial charge is 0.478 e. The summed E-state index contributed by atoms with van der Waals surface area (Å²) < 4.78 is 5.47. The topological polar surface area (TPSA) is 63.3 Å². The van der Waals surface area contributed by atoms with Gasteiger partial charge in [-0.2, -0.15) is 0 Å². The van der Waals surface area contributed by atoms with Crippen LogP contribution in [0.15, 0.2) is 94.6 Å². The van der Waals surface area contributed by atoms with Gasteiger partial charge in [0.25, 0.3) is 0 Å². The van der Waals surface area contributed by atoms with Gasteiger partial charge in [-0.1, -0.05) is 78.8 Å². The van der Waals surface area contributed by atoms with E-state index in [0.717, 1.165) is 47.4 Å². The first-order valence-electron chi connectivity index (χ1n) is 12.6. The van der Waals surface area contributed by atoms with Gasteiger partial charge in [0.05, 0.1) is 11.3 Å². The highest BCUT2D eigenvalue weighted by Gasteiger charge is 2.26. The van der Waals surface area contributed by atoms with Crippen LogP contribution in [-0.2, 0) is 0 Å². The molecule has 0 saturated carbocycles. The molecule has 3 aromatic rings. The van der Waals surface area contributed by atoms with Gasteiger partial charge in [0.15, 0.2) is 0 Å². The molecule has 0 radical (unpaired) electrons. The number of benzene rings is 2. The molecule has 0 saturated heterocycles. The molecule has 1 unspecified atom stereocenters. The maximum Gasteiger partial charge on any atom is 0.335 e. The molecule has 36 heavy (non-hydrogen) atoms. The fourth-order valence-corrected chi connectivity index (χ4v) is 5.47. The molecule has 5 rings (SSSR count). The van der Waals surface area contributed by atoms with E-state index in [1.807, 2.05) is 26.0 Å². The molecular formula is C32H31NO3. The van der Waals surface area contributed by atoms with Gasteiger partial charge in [-0.15, -0.1) is 0 Å². The molecule has 2 aliphatic carbocycles. The summed E-state index contributed by atoms with van der Waals surface area (Å²) in [6, 6.07) is 18.0. The van der Waals surface area contributed by atoms with Crippen LogP contribution in [0.25, 0.3) is 11.1 Å². The number of carbonyl (C=O) groups is 1. The summed E-state index contributed by atoms with van der Waals surface area (Å²) in [7, 11) is 0. The van der Waals surface area contributed by atoms with E-state index in [-0.39, 0.29) is 0 Å². The minimum Gasteiger partial charge on any atom is -0.478 e. The Balaban J connectivity index is 1.60. The van der Waals surface area contributed by atoms with Crippen molar-refractivity contribution >= 4 is 17.1 Å². The van der Waals surface area contributed by atoms with E-state index in [1.54, 1.807) is 12.1 Å². The second-order valence-corrected chi connectivity index (χ2v) is 9.75. The Hall–Kier alpha value is -3.92. The lowest BCUT2D eigenvalue weighted by atomic mass is 9.83. The molecule has 1 heterocycles. The Morgan fingerprint density at radius 3 is 2.44 bits per heavy atom. The minimum absolute atomic E-state index is 0.301. The molecule has 4 heteroatoms. The summed E-state index contributed by atoms with van der Waals surface area (Å²) in [5, 5.41) is 13.6. The predicted octanol–water partition coefficient (Wildman–Crippen LogP) is 7.93. The number of aromatic carboxylic acids is 1. The number of aryl methyl sites for hydroxylation is 2. The Kier molecular flexibility index (Phi) is 6.60. The molecule has 0 fully saturated rings. The Morgan fingerprint density at radius 1 is 1.03 bits per heavy atom. The van der Waals surface area contributed by atoms with E-state index in [1.165, 1.54) is 22.3 Å². The summed E-state index contributed by atoms with van der Waals surface area (Å²) in [5.74, 6) is 0.639. The monoisotopic (exact) mass is 477 g/mol. The van der Waals surface area contributed by atoms with Gasteiger partial charge >= 0.3 is 5.97 Å². The lowest BCUT2D eigenvalue weighted by Crippen LogP contribution is -2.07.